The van der Waals surface area contributed by atoms with Crippen LogP contribution in [0.4, 0.5) is 4.79 Å². The molecule has 0 saturated carbocycles. The van der Waals surface area contributed by atoms with Crippen molar-refractivity contribution in [3.05, 3.63) is 0 Å². The van der Waals surface area contributed by atoms with Gasteiger partial charge in [0, 0.05) is 19.1 Å². The third-order valence-corrected chi connectivity index (χ3v) is 1.88. The summed E-state index contributed by atoms with van der Waals surface area (Å²) < 4.78 is 4.72. The smallest absolute Gasteiger partial charge is 0.407 e. The second-order valence-electron chi connectivity index (χ2n) is 3.29. The summed E-state index contributed by atoms with van der Waals surface area (Å²) in [4.78, 5) is 10.9. The number of amides is 1. The van der Waals surface area contributed by atoms with E-state index >= 15 is 0 Å². The van der Waals surface area contributed by atoms with Crippen LogP contribution >= 0.6 is 0 Å². The van der Waals surface area contributed by atoms with Gasteiger partial charge in [0.1, 0.15) is 0 Å². The second kappa shape index (κ2) is 8.81. The summed E-state index contributed by atoms with van der Waals surface area (Å²) in [6, 6.07) is 0.518. The van der Waals surface area contributed by atoms with Gasteiger partial charge in [0.25, 0.3) is 0 Å². The van der Waals surface area contributed by atoms with Crippen LogP contribution in [0.1, 0.15) is 33.6 Å². The quantitative estimate of drug-likeness (QED) is 0.615. The molecule has 0 fully saturated rings. The van der Waals surface area contributed by atoms with Gasteiger partial charge >= 0.3 is 6.09 Å². The fourth-order valence-electron chi connectivity index (χ4n) is 1.20. The van der Waals surface area contributed by atoms with Crippen LogP contribution in [0.25, 0.3) is 0 Å². The predicted molar refractivity (Wildman–Crippen MR) is 57.4 cm³/mol. The third kappa shape index (κ3) is 7.86. The van der Waals surface area contributed by atoms with E-state index in [1.165, 1.54) is 12.8 Å². The minimum atomic E-state index is -0.336. The van der Waals surface area contributed by atoms with E-state index in [-0.39, 0.29) is 6.09 Å². The molecular formula is C10H22N2O2. The van der Waals surface area contributed by atoms with Gasteiger partial charge in [-0.2, -0.15) is 0 Å². The van der Waals surface area contributed by atoms with Crippen molar-refractivity contribution in [2.45, 2.75) is 39.7 Å². The zero-order valence-electron chi connectivity index (χ0n) is 9.43. The molecule has 0 saturated heterocycles. The Balaban J connectivity index is 3.24. The van der Waals surface area contributed by atoms with Crippen LogP contribution in [0, 0.1) is 0 Å². The molecule has 0 aliphatic rings. The molecule has 0 aliphatic heterocycles. The highest BCUT2D eigenvalue weighted by Gasteiger charge is 2.00. The number of ether oxygens (including phenoxy) is 1. The Morgan fingerprint density at radius 3 is 2.64 bits per heavy atom. The largest absolute Gasteiger partial charge is 0.450 e. The first-order chi connectivity index (χ1) is 6.70. The number of alkyl carbamates (subject to hydrolysis) is 1. The summed E-state index contributed by atoms with van der Waals surface area (Å²) in [5.41, 5.74) is 0. The van der Waals surface area contributed by atoms with Crippen LogP contribution in [0.3, 0.4) is 0 Å². The number of hydrogen-bond donors (Lipinski definition) is 2. The molecule has 0 radical (unpaired) electrons. The highest BCUT2D eigenvalue weighted by Crippen LogP contribution is 1.93. The maximum Gasteiger partial charge on any atom is 0.407 e. The fraction of sp³-hybridized carbons (Fsp3) is 0.900. The minimum absolute atomic E-state index is 0.336. The van der Waals surface area contributed by atoms with Crippen molar-refractivity contribution >= 4 is 6.09 Å². The van der Waals surface area contributed by atoms with Crippen molar-refractivity contribution in [2.75, 3.05) is 19.7 Å². The highest BCUT2D eigenvalue weighted by molar-refractivity contribution is 5.66. The predicted octanol–water partition coefficient (Wildman–Crippen LogP) is 1.51. The molecule has 0 aliphatic carbocycles. The van der Waals surface area contributed by atoms with E-state index in [9.17, 15) is 4.79 Å². The van der Waals surface area contributed by atoms with Crippen molar-refractivity contribution in [3.8, 4) is 0 Å². The molecule has 1 unspecified atom stereocenters. The SMILES string of the molecule is CCCC(C)NCCNC(=O)OCC. The summed E-state index contributed by atoms with van der Waals surface area (Å²) >= 11 is 0. The van der Waals surface area contributed by atoms with E-state index in [0.29, 0.717) is 19.2 Å². The lowest BCUT2D eigenvalue weighted by molar-refractivity contribution is 0.152. The van der Waals surface area contributed by atoms with Gasteiger partial charge in [0.2, 0.25) is 0 Å². The Kier molecular flexibility index (Phi) is 8.33. The van der Waals surface area contributed by atoms with Gasteiger partial charge in [-0.3, -0.25) is 0 Å². The Morgan fingerprint density at radius 2 is 2.07 bits per heavy atom. The molecule has 4 heteroatoms. The monoisotopic (exact) mass is 202 g/mol. The van der Waals surface area contributed by atoms with Gasteiger partial charge in [-0.1, -0.05) is 13.3 Å². The fourth-order valence-corrected chi connectivity index (χ4v) is 1.20. The molecule has 2 N–H and O–H groups in total. The Hall–Kier alpha value is -0.770. The van der Waals surface area contributed by atoms with Crippen LogP contribution in [-0.2, 0) is 4.74 Å². The number of nitrogens with one attached hydrogen (secondary N) is 2. The molecular weight excluding hydrogens is 180 g/mol. The summed E-state index contributed by atoms with van der Waals surface area (Å²) in [7, 11) is 0. The number of carbonyl (C=O) groups excluding carboxylic acids is 1. The van der Waals surface area contributed by atoms with E-state index in [1.807, 2.05) is 0 Å². The van der Waals surface area contributed by atoms with Gasteiger partial charge in [-0.25, -0.2) is 4.79 Å². The number of rotatable bonds is 7. The molecule has 0 bridgehead atoms. The third-order valence-electron chi connectivity index (χ3n) is 1.88. The highest BCUT2D eigenvalue weighted by atomic mass is 16.5. The van der Waals surface area contributed by atoms with Crippen LogP contribution in [0.2, 0.25) is 0 Å². The first-order valence-electron chi connectivity index (χ1n) is 5.34. The summed E-state index contributed by atoms with van der Waals surface area (Å²) in [5, 5.41) is 5.97. The topological polar surface area (TPSA) is 50.4 Å². The molecule has 14 heavy (non-hydrogen) atoms. The van der Waals surface area contributed by atoms with Crippen LogP contribution < -0.4 is 10.6 Å². The number of hydrogen-bond acceptors (Lipinski definition) is 3. The van der Waals surface area contributed by atoms with Crippen molar-refractivity contribution < 1.29 is 9.53 Å². The average molecular weight is 202 g/mol. The molecule has 4 nitrogen and oxygen atoms in total. The molecule has 1 atom stereocenters. The van der Waals surface area contributed by atoms with Crippen LogP contribution in [0.5, 0.6) is 0 Å². The normalized spacial score (nSPS) is 12.2. The van der Waals surface area contributed by atoms with Gasteiger partial charge < -0.3 is 15.4 Å². The molecule has 0 aromatic rings. The van der Waals surface area contributed by atoms with Crippen LogP contribution in [0.15, 0.2) is 0 Å². The maximum atomic E-state index is 10.9. The van der Waals surface area contributed by atoms with E-state index in [2.05, 4.69) is 24.5 Å². The zero-order valence-corrected chi connectivity index (χ0v) is 9.43. The molecule has 0 spiro atoms. The summed E-state index contributed by atoms with van der Waals surface area (Å²) in [5.74, 6) is 0. The lowest BCUT2D eigenvalue weighted by Gasteiger charge is -2.12. The lowest BCUT2D eigenvalue weighted by atomic mass is 10.2. The van der Waals surface area contributed by atoms with Crippen LogP contribution in [-0.4, -0.2) is 31.8 Å². The molecule has 0 heterocycles. The van der Waals surface area contributed by atoms with Gasteiger partial charge in [-0.15, -0.1) is 0 Å². The van der Waals surface area contributed by atoms with E-state index in [4.69, 9.17) is 4.74 Å². The average Bonchev–Trinajstić information content (AvgIpc) is 2.13. The van der Waals surface area contributed by atoms with Gasteiger partial charge in [0.05, 0.1) is 6.61 Å². The Bertz CT molecular complexity index is 151. The van der Waals surface area contributed by atoms with E-state index < -0.39 is 0 Å². The Morgan fingerprint density at radius 1 is 1.36 bits per heavy atom. The second-order valence-corrected chi connectivity index (χ2v) is 3.29. The van der Waals surface area contributed by atoms with Crippen molar-refractivity contribution in [1.29, 1.82) is 0 Å². The zero-order chi connectivity index (χ0) is 10.8. The van der Waals surface area contributed by atoms with E-state index in [1.54, 1.807) is 6.92 Å². The molecule has 0 aromatic carbocycles. The van der Waals surface area contributed by atoms with Crippen molar-refractivity contribution in [2.24, 2.45) is 0 Å². The Labute approximate surface area is 86.4 Å². The maximum absolute atomic E-state index is 10.9. The minimum Gasteiger partial charge on any atom is -0.450 e. The first kappa shape index (κ1) is 13.2. The number of carbonyl (C=O) groups is 1. The molecule has 84 valence electrons. The first-order valence-corrected chi connectivity index (χ1v) is 5.34. The molecule has 0 aromatic heterocycles. The standard InChI is InChI=1S/C10H22N2O2/c1-4-6-9(3)11-7-8-12-10(13)14-5-2/h9,11H,4-8H2,1-3H3,(H,12,13). The summed E-state index contributed by atoms with van der Waals surface area (Å²) in [6.07, 6.45) is 2.01. The van der Waals surface area contributed by atoms with Crippen molar-refractivity contribution in [1.82, 2.24) is 10.6 Å². The van der Waals surface area contributed by atoms with Gasteiger partial charge in [0.15, 0.2) is 0 Å². The van der Waals surface area contributed by atoms with Crippen molar-refractivity contribution in [3.63, 3.8) is 0 Å². The molecule has 0 rings (SSSR count). The molecule has 1 amide bonds. The summed E-state index contributed by atoms with van der Waals surface area (Å²) in [6.45, 7) is 7.93. The van der Waals surface area contributed by atoms with Gasteiger partial charge in [-0.05, 0) is 20.3 Å². The van der Waals surface area contributed by atoms with E-state index in [0.717, 1.165) is 6.54 Å². The lowest BCUT2D eigenvalue weighted by Crippen LogP contribution is -2.35.